The topological polar surface area (TPSA) is 33.6 Å². The van der Waals surface area contributed by atoms with Gasteiger partial charge in [0.15, 0.2) is 0 Å². The Morgan fingerprint density at radius 1 is 0.923 bits per heavy atom. The summed E-state index contributed by atoms with van der Waals surface area (Å²) in [6, 6.07) is 18.7. The Morgan fingerprint density at radius 2 is 1.65 bits per heavy atom. The molecule has 5 rings (SSSR count). The molecule has 2 aromatic carbocycles. The summed E-state index contributed by atoms with van der Waals surface area (Å²) < 4.78 is 5.20. The highest BCUT2D eigenvalue weighted by molar-refractivity contribution is 7.10. The molecule has 3 aromatic rings. The van der Waals surface area contributed by atoms with Crippen molar-refractivity contribution in [2.45, 2.75) is 6.42 Å². The van der Waals surface area contributed by atoms with Crippen LogP contribution >= 0.6 is 11.3 Å². The van der Waals surface area contributed by atoms with E-state index in [0.717, 1.165) is 30.1 Å². The molecule has 4 heteroatoms. The van der Waals surface area contributed by atoms with Gasteiger partial charge in [0.2, 0.25) is 0 Å². The number of benzene rings is 2. The maximum Gasteiger partial charge on any atom is 0.119 e. The van der Waals surface area contributed by atoms with Crippen molar-refractivity contribution < 1.29 is 4.74 Å². The van der Waals surface area contributed by atoms with Crippen LogP contribution in [0.25, 0.3) is 5.57 Å². The van der Waals surface area contributed by atoms with Crippen molar-refractivity contribution >= 4 is 34.0 Å². The van der Waals surface area contributed by atoms with E-state index >= 15 is 0 Å². The van der Waals surface area contributed by atoms with E-state index in [-0.39, 0.29) is 0 Å². The fraction of sp³-hybridized carbons (Fsp3) is 0.136. The summed E-state index contributed by atoms with van der Waals surface area (Å²) in [6.45, 7) is 0.820. The number of anilines is 2. The summed E-state index contributed by atoms with van der Waals surface area (Å²) in [5.41, 5.74) is 8.74. The van der Waals surface area contributed by atoms with Crippen LogP contribution in [0.15, 0.2) is 70.5 Å². The molecule has 26 heavy (non-hydrogen) atoms. The van der Waals surface area contributed by atoms with Gasteiger partial charge in [0.25, 0.3) is 0 Å². The van der Waals surface area contributed by atoms with Crippen LogP contribution < -0.4 is 10.1 Å². The number of ether oxygens (including phenoxy) is 1. The zero-order valence-electron chi connectivity index (χ0n) is 14.5. The standard InChI is InChI=1S/C22H18N2OS/c1-25-17-8-6-16(7-9-17)24-15-4-2-14(3-5-15)22-19-12-21-18(10-11-26-21)20(19)13-23-22/h2-11,24H,12-13H2,1H3. The van der Waals surface area contributed by atoms with Gasteiger partial charge in [-0.25, -0.2) is 0 Å². The fourth-order valence-corrected chi connectivity index (χ4v) is 4.57. The molecule has 0 spiro atoms. The highest BCUT2D eigenvalue weighted by atomic mass is 32.1. The van der Waals surface area contributed by atoms with Gasteiger partial charge < -0.3 is 10.1 Å². The van der Waals surface area contributed by atoms with Crippen molar-refractivity contribution in [2.75, 3.05) is 19.0 Å². The van der Waals surface area contributed by atoms with Crippen molar-refractivity contribution in [1.82, 2.24) is 0 Å². The van der Waals surface area contributed by atoms with E-state index in [2.05, 4.69) is 41.0 Å². The molecule has 0 atom stereocenters. The molecule has 0 bridgehead atoms. The number of allylic oxidation sites excluding steroid dienone is 1. The largest absolute Gasteiger partial charge is 0.497 e. The van der Waals surface area contributed by atoms with Crippen molar-refractivity contribution in [3.8, 4) is 5.75 Å². The van der Waals surface area contributed by atoms with Crippen LogP contribution in [0.3, 0.4) is 0 Å². The minimum absolute atomic E-state index is 0.820. The number of fused-ring (bicyclic) bond motifs is 2. The summed E-state index contributed by atoms with van der Waals surface area (Å²) in [4.78, 5) is 6.30. The summed E-state index contributed by atoms with van der Waals surface area (Å²) in [6.07, 6.45) is 1.03. The molecule has 0 saturated heterocycles. The zero-order chi connectivity index (χ0) is 17.5. The van der Waals surface area contributed by atoms with Crippen molar-refractivity contribution in [3.05, 3.63) is 81.6 Å². The molecule has 1 aliphatic heterocycles. The predicted octanol–water partition coefficient (Wildman–Crippen LogP) is 5.31. The Kier molecular flexibility index (Phi) is 3.64. The Morgan fingerprint density at radius 3 is 2.38 bits per heavy atom. The smallest absolute Gasteiger partial charge is 0.119 e. The number of rotatable bonds is 4. The molecule has 0 fully saturated rings. The number of thiophene rings is 1. The quantitative estimate of drug-likeness (QED) is 0.685. The lowest BCUT2D eigenvalue weighted by molar-refractivity contribution is 0.415. The molecule has 0 amide bonds. The molecule has 1 aliphatic carbocycles. The molecule has 0 radical (unpaired) electrons. The molecular weight excluding hydrogens is 340 g/mol. The van der Waals surface area contributed by atoms with Crippen LogP contribution in [0.4, 0.5) is 11.4 Å². The maximum absolute atomic E-state index is 5.20. The van der Waals surface area contributed by atoms with Gasteiger partial charge in [-0.05, 0) is 64.6 Å². The predicted molar refractivity (Wildman–Crippen MR) is 109 cm³/mol. The van der Waals surface area contributed by atoms with Crippen molar-refractivity contribution in [1.29, 1.82) is 0 Å². The van der Waals surface area contributed by atoms with Gasteiger partial charge in [-0.3, -0.25) is 4.99 Å². The lowest BCUT2D eigenvalue weighted by atomic mass is 10.0. The summed E-state index contributed by atoms with van der Waals surface area (Å²) in [5, 5.41) is 5.61. The Labute approximate surface area is 156 Å². The summed E-state index contributed by atoms with van der Waals surface area (Å²) >= 11 is 1.86. The molecule has 0 unspecified atom stereocenters. The summed E-state index contributed by atoms with van der Waals surface area (Å²) in [7, 11) is 1.68. The van der Waals surface area contributed by atoms with Crippen LogP contribution in [0.5, 0.6) is 5.75 Å². The number of aliphatic imine (C=N–C) groups is 1. The minimum atomic E-state index is 0.820. The van der Waals surface area contributed by atoms with Crippen molar-refractivity contribution in [3.63, 3.8) is 0 Å². The number of nitrogens with zero attached hydrogens (tertiary/aromatic N) is 1. The maximum atomic E-state index is 5.20. The third kappa shape index (κ3) is 2.54. The first kappa shape index (κ1) is 15.4. The monoisotopic (exact) mass is 358 g/mol. The molecule has 0 saturated carbocycles. The van der Waals surface area contributed by atoms with Gasteiger partial charge in [-0.15, -0.1) is 11.3 Å². The molecule has 3 nitrogen and oxygen atoms in total. The lowest BCUT2D eigenvalue weighted by Gasteiger charge is -2.09. The first-order valence-electron chi connectivity index (χ1n) is 8.67. The third-order valence-electron chi connectivity index (χ3n) is 4.99. The van der Waals surface area contributed by atoms with Gasteiger partial charge >= 0.3 is 0 Å². The summed E-state index contributed by atoms with van der Waals surface area (Å²) in [5.74, 6) is 0.860. The zero-order valence-corrected chi connectivity index (χ0v) is 15.3. The van der Waals surface area contributed by atoms with Gasteiger partial charge in [0.1, 0.15) is 5.75 Å². The molecule has 2 aliphatic rings. The highest BCUT2D eigenvalue weighted by Gasteiger charge is 2.29. The molecule has 128 valence electrons. The molecular formula is C22H18N2OS. The average molecular weight is 358 g/mol. The van der Waals surface area contributed by atoms with Crippen LogP contribution in [0.2, 0.25) is 0 Å². The van der Waals surface area contributed by atoms with Gasteiger partial charge in [-0.1, -0.05) is 12.1 Å². The molecule has 1 aromatic heterocycles. The van der Waals surface area contributed by atoms with E-state index in [4.69, 9.17) is 9.73 Å². The first-order chi connectivity index (χ1) is 12.8. The second kappa shape index (κ2) is 6.15. The fourth-order valence-electron chi connectivity index (χ4n) is 3.65. The minimum Gasteiger partial charge on any atom is -0.497 e. The Bertz CT molecular complexity index is 1030. The normalized spacial score (nSPS) is 14.9. The SMILES string of the molecule is COc1ccc(Nc2ccc(C3=NCC4=C3Cc3sccc34)cc2)cc1. The van der Waals surface area contributed by atoms with E-state index in [0.29, 0.717) is 0 Å². The number of nitrogens with one attached hydrogen (secondary N) is 1. The second-order valence-corrected chi connectivity index (χ2v) is 7.49. The van der Waals surface area contributed by atoms with E-state index < -0.39 is 0 Å². The van der Waals surface area contributed by atoms with Gasteiger partial charge in [-0.2, -0.15) is 0 Å². The van der Waals surface area contributed by atoms with Crippen LogP contribution in [-0.4, -0.2) is 19.4 Å². The average Bonchev–Trinajstić information content (AvgIpc) is 3.36. The van der Waals surface area contributed by atoms with E-state index in [1.165, 1.54) is 32.9 Å². The van der Waals surface area contributed by atoms with Crippen molar-refractivity contribution in [2.24, 2.45) is 4.99 Å². The molecule has 1 N–H and O–H groups in total. The molecule has 2 heterocycles. The second-order valence-electron chi connectivity index (χ2n) is 6.49. The Balaban J connectivity index is 1.35. The van der Waals surface area contributed by atoms with E-state index in [9.17, 15) is 0 Å². The van der Waals surface area contributed by atoms with Crippen LogP contribution in [-0.2, 0) is 6.42 Å². The van der Waals surface area contributed by atoms with Gasteiger partial charge in [0.05, 0.1) is 19.4 Å². The van der Waals surface area contributed by atoms with Crippen LogP contribution in [0, 0.1) is 0 Å². The first-order valence-corrected chi connectivity index (χ1v) is 9.55. The third-order valence-corrected chi connectivity index (χ3v) is 5.91. The number of methoxy groups -OCH3 is 1. The lowest BCUT2D eigenvalue weighted by Crippen LogP contribution is -2.03. The van der Waals surface area contributed by atoms with Crippen LogP contribution in [0.1, 0.15) is 16.0 Å². The number of hydrogen-bond acceptors (Lipinski definition) is 4. The van der Waals surface area contributed by atoms with E-state index in [1.54, 1.807) is 7.11 Å². The van der Waals surface area contributed by atoms with Gasteiger partial charge in [0, 0.05) is 28.2 Å². The van der Waals surface area contributed by atoms with E-state index in [1.807, 2.05) is 35.6 Å². The number of hydrogen-bond donors (Lipinski definition) is 1. The Hall–Kier alpha value is -2.85. The highest BCUT2D eigenvalue weighted by Crippen LogP contribution is 2.41.